The largest absolute Gasteiger partial charge is 0.337 e. The van der Waals surface area contributed by atoms with Crippen molar-refractivity contribution in [2.24, 2.45) is 0 Å². The Bertz CT molecular complexity index is 723. The van der Waals surface area contributed by atoms with Crippen LogP contribution in [0.1, 0.15) is 35.2 Å². The lowest BCUT2D eigenvalue weighted by atomic mass is 10.1. The summed E-state index contributed by atoms with van der Waals surface area (Å²) in [4.78, 5) is 14.7. The van der Waals surface area contributed by atoms with Crippen LogP contribution in [0.25, 0.3) is 0 Å². The van der Waals surface area contributed by atoms with Crippen LogP contribution in [0, 0.1) is 6.92 Å². The molecule has 2 unspecified atom stereocenters. The van der Waals surface area contributed by atoms with Crippen molar-refractivity contribution in [3.63, 3.8) is 0 Å². The van der Waals surface area contributed by atoms with Gasteiger partial charge in [0.1, 0.15) is 0 Å². The third-order valence-corrected chi connectivity index (χ3v) is 5.18. The fourth-order valence-electron chi connectivity index (χ4n) is 3.37. The molecule has 2 atom stereocenters. The van der Waals surface area contributed by atoms with E-state index in [2.05, 4.69) is 10.0 Å². The quantitative estimate of drug-likeness (QED) is 0.846. The molecule has 0 radical (unpaired) electrons. The molecule has 1 amide bonds. The SMILES string of the molecule is Cc1ccc(C(=O)N2CCC3CCC(C2)N3)cc1NS(C)(=O)=O.Cl. The molecule has 0 spiro atoms. The zero-order valence-electron chi connectivity index (χ0n) is 13.9. The summed E-state index contributed by atoms with van der Waals surface area (Å²) < 4.78 is 25.4. The molecule has 2 N–H and O–H groups in total. The van der Waals surface area contributed by atoms with Crippen molar-refractivity contribution in [3.8, 4) is 0 Å². The highest BCUT2D eigenvalue weighted by Gasteiger charge is 2.31. The standard InChI is InChI=1S/C16H23N3O3S.ClH/c1-11-3-4-12(9-15(11)18-23(2,21)22)16(20)19-8-7-13-5-6-14(10-19)17-13;/h3-4,9,13-14,17-18H,5-8,10H2,1-2H3;1H. The zero-order chi connectivity index (χ0) is 16.6. The third-order valence-electron chi connectivity index (χ3n) is 4.59. The predicted molar refractivity (Wildman–Crippen MR) is 97.4 cm³/mol. The van der Waals surface area contributed by atoms with Gasteiger partial charge < -0.3 is 10.2 Å². The Hall–Kier alpha value is -1.31. The summed E-state index contributed by atoms with van der Waals surface area (Å²) in [6.07, 6.45) is 4.39. The van der Waals surface area contributed by atoms with Gasteiger partial charge in [-0.25, -0.2) is 8.42 Å². The first-order chi connectivity index (χ1) is 10.8. The number of amides is 1. The average molecular weight is 374 g/mol. The average Bonchev–Trinajstić information content (AvgIpc) is 2.78. The highest BCUT2D eigenvalue weighted by Crippen LogP contribution is 2.23. The van der Waals surface area contributed by atoms with Crippen molar-refractivity contribution >= 4 is 34.0 Å². The van der Waals surface area contributed by atoms with E-state index in [-0.39, 0.29) is 18.3 Å². The number of nitrogens with zero attached hydrogens (tertiary/aromatic N) is 1. The summed E-state index contributed by atoms with van der Waals surface area (Å²) in [7, 11) is -3.36. The number of hydrogen-bond acceptors (Lipinski definition) is 4. The number of likely N-dealkylation sites (tertiary alicyclic amines) is 1. The van der Waals surface area contributed by atoms with Crippen molar-refractivity contribution < 1.29 is 13.2 Å². The Morgan fingerprint density at radius 3 is 2.67 bits per heavy atom. The van der Waals surface area contributed by atoms with Crippen molar-refractivity contribution in [1.29, 1.82) is 0 Å². The van der Waals surface area contributed by atoms with Crippen LogP contribution >= 0.6 is 12.4 Å². The van der Waals surface area contributed by atoms with Crippen LogP contribution in [0.15, 0.2) is 18.2 Å². The van der Waals surface area contributed by atoms with Gasteiger partial charge in [0.05, 0.1) is 11.9 Å². The van der Waals surface area contributed by atoms with Gasteiger partial charge in [-0.1, -0.05) is 6.07 Å². The minimum absolute atomic E-state index is 0. The first-order valence-electron chi connectivity index (χ1n) is 7.95. The summed E-state index contributed by atoms with van der Waals surface area (Å²) in [6, 6.07) is 6.09. The van der Waals surface area contributed by atoms with E-state index in [4.69, 9.17) is 0 Å². The monoisotopic (exact) mass is 373 g/mol. The molecule has 3 rings (SSSR count). The molecule has 2 aliphatic rings. The molecule has 134 valence electrons. The highest BCUT2D eigenvalue weighted by atomic mass is 35.5. The van der Waals surface area contributed by atoms with Gasteiger partial charge in [0.15, 0.2) is 0 Å². The summed E-state index contributed by atoms with van der Waals surface area (Å²) >= 11 is 0. The van der Waals surface area contributed by atoms with Gasteiger partial charge in [-0.3, -0.25) is 9.52 Å². The number of carbonyl (C=O) groups is 1. The normalized spacial score (nSPS) is 23.3. The molecule has 0 aliphatic carbocycles. The molecule has 6 nitrogen and oxygen atoms in total. The number of fused-ring (bicyclic) bond motifs is 2. The second-order valence-corrected chi connectivity index (χ2v) is 8.33. The molecule has 2 fully saturated rings. The lowest BCUT2D eigenvalue weighted by Gasteiger charge is -2.24. The maximum atomic E-state index is 12.8. The van der Waals surface area contributed by atoms with E-state index in [0.717, 1.165) is 37.8 Å². The van der Waals surface area contributed by atoms with Crippen LogP contribution in [0.4, 0.5) is 5.69 Å². The van der Waals surface area contributed by atoms with Gasteiger partial charge in [0.2, 0.25) is 10.0 Å². The van der Waals surface area contributed by atoms with E-state index in [1.807, 2.05) is 11.8 Å². The van der Waals surface area contributed by atoms with Crippen LogP contribution in [0.5, 0.6) is 0 Å². The fraction of sp³-hybridized carbons (Fsp3) is 0.562. The predicted octanol–water partition coefficient (Wildman–Crippen LogP) is 1.75. The Balaban J connectivity index is 0.00000208. The lowest BCUT2D eigenvalue weighted by molar-refractivity contribution is 0.0748. The molecule has 2 heterocycles. The molecule has 1 aromatic carbocycles. The maximum Gasteiger partial charge on any atom is 0.253 e. The van der Waals surface area contributed by atoms with Gasteiger partial charge in [0, 0.05) is 30.7 Å². The van der Waals surface area contributed by atoms with Crippen LogP contribution in [0.2, 0.25) is 0 Å². The summed E-state index contributed by atoms with van der Waals surface area (Å²) in [6.45, 7) is 3.28. The minimum Gasteiger partial charge on any atom is -0.337 e. The Morgan fingerprint density at radius 1 is 1.25 bits per heavy atom. The topological polar surface area (TPSA) is 78.5 Å². The molecule has 2 bridgehead atoms. The molecule has 1 aromatic rings. The second kappa shape index (κ2) is 7.29. The van der Waals surface area contributed by atoms with Gasteiger partial charge in [-0.15, -0.1) is 12.4 Å². The van der Waals surface area contributed by atoms with Gasteiger partial charge in [0.25, 0.3) is 5.91 Å². The number of anilines is 1. The molecule has 0 saturated carbocycles. The van der Waals surface area contributed by atoms with Crippen molar-refractivity contribution in [2.75, 3.05) is 24.1 Å². The number of rotatable bonds is 3. The van der Waals surface area contributed by atoms with Crippen molar-refractivity contribution in [3.05, 3.63) is 29.3 Å². The van der Waals surface area contributed by atoms with Crippen LogP contribution in [-0.2, 0) is 10.0 Å². The number of hydrogen-bond donors (Lipinski definition) is 2. The van der Waals surface area contributed by atoms with E-state index in [1.54, 1.807) is 18.2 Å². The smallest absolute Gasteiger partial charge is 0.253 e. The molecule has 2 saturated heterocycles. The van der Waals surface area contributed by atoms with Crippen LogP contribution < -0.4 is 10.0 Å². The Morgan fingerprint density at radius 2 is 1.96 bits per heavy atom. The zero-order valence-corrected chi connectivity index (χ0v) is 15.5. The number of benzene rings is 1. The first-order valence-corrected chi connectivity index (χ1v) is 9.85. The Kier molecular flexibility index (Phi) is 5.78. The van der Waals surface area contributed by atoms with Crippen LogP contribution in [0.3, 0.4) is 0 Å². The highest BCUT2D eigenvalue weighted by molar-refractivity contribution is 7.92. The van der Waals surface area contributed by atoms with Crippen molar-refractivity contribution in [1.82, 2.24) is 10.2 Å². The molecular formula is C16H24ClN3O3S. The van der Waals surface area contributed by atoms with Gasteiger partial charge in [-0.05, 0) is 43.9 Å². The molecular weight excluding hydrogens is 350 g/mol. The molecule has 24 heavy (non-hydrogen) atoms. The van der Waals surface area contributed by atoms with Crippen molar-refractivity contribution in [2.45, 2.75) is 38.3 Å². The van der Waals surface area contributed by atoms with E-state index in [0.29, 0.717) is 23.3 Å². The maximum absolute atomic E-state index is 12.8. The fourth-order valence-corrected chi connectivity index (χ4v) is 3.99. The van der Waals surface area contributed by atoms with E-state index < -0.39 is 10.0 Å². The van der Waals surface area contributed by atoms with Gasteiger partial charge in [-0.2, -0.15) is 0 Å². The number of aryl methyl sites for hydroxylation is 1. The molecule has 8 heteroatoms. The number of carbonyl (C=O) groups excluding carboxylic acids is 1. The molecule has 0 aromatic heterocycles. The van der Waals surface area contributed by atoms with E-state index in [9.17, 15) is 13.2 Å². The number of halogens is 1. The Labute approximate surface area is 149 Å². The van der Waals surface area contributed by atoms with Gasteiger partial charge >= 0.3 is 0 Å². The summed E-state index contributed by atoms with van der Waals surface area (Å²) in [5.41, 5.74) is 1.79. The molecule has 2 aliphatic heterocycles. The minimum atomic E-state index is -3.36. The third kappa shape index (κ3) is 4.40. The van der Waals surface area contributed by atoms with E-state index in [1.165, 1.54) is 6.42 Å². The second-order valence-electron chi connectivity index (χ2n) is 6.58. The summed E-state index contributed by atoms with van der Waals surface area (Å²) in [5, 5.41) is 3.56. The summed E-state index contributed by atoms with van der Waals surface area (Å²) in [5.74, 6) is -0.0316. The lowest BCUT2D eigenvalue weighted by Crippen LogP contribution is -2.39. The number of nitrogens with one attached hydrogen (secondary N) is 2. The first kappa shape index (κ1) is 19.0. The number of sulfonamides is 1. The van der Waals surface area contributed by atoms with Crippen LogP contribution in [-0.4, -0.2) is 50.7 Å². The van der Waals surface area contributed by atoms with E-state index >= 15 is 0 Å².